The van der Waals surface area contributed by atoms with Crippen LogP contribution in [0.15, 0.2) is 146 Å². The Morgan fingerprint density at radius 3 is 1.06 bits per heavy atom. The van der Waals surface area contributed by atoms with Crippen molar-refractivity contribution < 1.29 is 0 Å². The summed E-state index contributed by atoms with van der Waals surface area (Å²) < 4.78 is 0. The summed E-state index contributed by atoms with van der Waals surface area (Å²) in [4.78, 5) is 15.2. The van der Waals surface area contributed by atoms with E-state index in [0.717, 1.165) is 0 Å². The molecule has 0 saturated carbocycles. The van der Waals surface area contributed by atoms with Crippen molar-refractivity contribution in [1.82, 2.24) is 0 Å². The van der Waals surface area contributed by atoms with Gasteiger partial charge in [-0.1, -0.05) is 72.1 Å². The molecule has 0 N–H and O–H groups in total. The topological polar surface area (TPSA) is 0 Å². The molecule has 2 heterocycles. The van der Waals surface area contributed by atoms with E-state index in [0.29, 0.717) is 0 Å². The Hall–Kier alpha value is -1.98. The molecule has 0 bridgehead atoms. The van der Waals surface area contributed by atoms with Crippen LogP contribution >= 0.6 is 23.5 Å². The Morgan fingerprint density at radius 1 is 0.424 bits per heavy atom. The minimum Gasteiger partial charge on any atom is -0.0795 e. The van der Waals surface area contributed by atoms with E-state index in [-0.39, 0.29) is 21.8 Å². The molecule has 0 aromatic heterocycles. The van der Waals surface area contributed by atoms with Crippen LogP contribution in [0.2, 0.25) is 0 Å². The molecule has 0 unspecified atom stereocenters. The second kappa shape index (κ2) is 8.35. The van der Waals surface area contributed by atoms with E-state index in [2.05, 4.69) is 97.1 Å². The maximum Gasteiger partial charge on any atom is 0.194 e. The molecule has 7 rings (SSSR count). The first-order valence-electron chi connectivity index (χ1n) is 11.3. The molecule has 0 fully saturated rings. The summed E-state index contributed by atoms with van der Waals surface area (Å²) in [5.74, 6) is 0. The van der Waals surface area contributed by atoms with Gasteiger partial charge in [0, 0.05) is 12.8 Å². The lowest BCUT2D eigenvalue weighted by molar-refractivity contribution is 0.917. The summed E-state index contributed by atoms with van der Waals surface area (Å²) in [6.07, 6.45) is 3.70. The molecule has 2 aliphatic heterocycles. The largest absolute Gasteiger partial charge is 0.194 e. The maximum atomic E-state index is 2.38. The standard InChI is InChI=1S/C29H22S4/c1-5-14-24-20(10-1)30-21-11-2-6-15-25(21)32(24)28-18-9-19-29(28)33-26-16-7-3-12-22(26)31-23-13-4-8-17-27(23)33/h1-8,10-17H,9,18-19H2/q+2. The van der Waals surface area contributed by atoms with Crippen molar-refractivity contribution in [2.24, 2.45) is 0 Å². The van der Waals surface area contributed by atoms with Crippen molar-refractivity contribution in [2.45, 2.75) is 58.4 Å². The Morgan fingerprint density at radius 2 is 0.727 bits per heavy atom. The Bertz CT molecular complexity index is 1220. The van der Waals surface area contributed by atoms with Crippen LogP contribution in [-0.2, 0) is 21.8 Å². The first-order valence-corrected chi connectivity index (χ1v) is 15.4. The van der Waals surface area contributed by atoms with Gasteiger partial charge in [0.05, 0.1) is 19.6 Å². The molecule has 4 aromatic carbocycles. The van der Waals surface area contributed by atoms with Gasteiger partial charge in [0.25, 0.3) is 0 Å². The Kier molecular flexibility index (Phi) is 5.16. The first kappa shape index (κ1) is 20.4. The molecule has 4 heteroatoms. The van der Waals surface area contributed by atoms with E-state index >= 15 is 0 Å². The van der Waals surface area contributed by atoms with E-state index in [9.17, 15) is 0 Å². The summed E-state index contributed by atoms with van der Waals surface area (Å²) in [6, 6.07) is 36.5. The molecule has 0 radical (unpaired) electrons. The quantitative estimate of drug-likeness (QED) is 0.253. The van der Waals surface area contributed by atoms with Gasteiger partial charge >= 0.3 is 0 Å². The zero-order valence-corrected chi connectivity index (χ0v) is 21.3. The van der Waals surface area contributed by atoms with Crippen molar-refractivity contribution in [3.8, 4) is 0 Å². The van der Waals surface area contributed by atoms with Crippen molar-refractivity contribution in [3.63, 3.8) is 0 Å². The number of hydrogen-bond acceptors (Lipinski definition) is 2. The molecule has 0 spiro atoms. The highest BCUT2D eigenvalue weighted by atomic mass is 32.2. The van der Waals surface area contributed by atoms with Crippen LogP contribution in [0, 0.1) is 0 Å². The zero-order chi connectivity index (χ0) is 21.8. The van der Waals surface area contributed by atoms with Gasteiger partial charge in [0.1, 0.15) is 21.8 Å². The average Bonchev–Trinajstić information content (AvgIpc) is 3.34. The first-order chi connectivity index (χ1) is 16.4. The fraction of sp³-hybridized carbons (Fsp3) is 0.103. The fourth-order valence-corrected chi connectivity index (χ4v) is 13.5. The van der Waals surface area contributed by atoms with E-state index in [1.54, 1.807) is 9.81 Å². The molecule has 4 aromatic rings. The molecular weight excluding hydrogens is 477 g/mol. The van der Waals surface area contributed by atoms with Crippen molar-refractivity contribution in [2.75, 3.05) is 0 Å². The van der Waals surface area contributed by atoms with Crippen molar-refractivity contribution in [3.05, 3.63) is 107 Å². The monoisotopic (exact) mass is 498 g/mol. The number of fused-ring (bicyclic) bond motifs is 4. The van der Waals surface area contributed by atoms with Crippen LogP contribution in [0.25, 0.3) is 0 Å². The minimum absolute atomic E-state index is 0.00373. The molecule has 33 heavy (non-hydrogen) atoms. The Balaban J connectivity index is 1.48. The summed E-state index contributed by atoms with van der Waals surface area (Å²) >= 11 is 3.88. The molecule has 0 nitrogen and oxygen atoms in total. The van der Waals surface area contributed by atoms with Crippen molar-refractivity contribution in [1.29, 1.82) is 0 Å². The predicted molar refractivity (Wildman–Crippen MR) is 143 cm³/mol. The van der Waals surface area contributed by atoms with Crippen molar-refractivity contribution >= 4 is 45.3 Å². The highest BCUT2D eigenvalue weighted by Gasteiger charge is 2.50. The third-order valence-electron chi connectivity index (χ3n) is 6.33. The number of allylic oxidation sites excluding steroid dienone is 2. The van der Waals surface area contributed by atoms with Crippen LogP contribution in [0.3, 0.4) is 0 Å². The number of benzene rings is 4. The smallest absolute Gasteiger partial charge is 0.0795 e. The van der Waals surface area contributed by atoms with Gasteiger partial charge in [-0.05, 0) is 55.0 Å². The third-order valence-corrected chi connectivity index (χ3v) is 14.3. The number of rotatable bonds is 2. The van der Waals surface area contributed by atoms with Gasteiger partial charge in [0.2, 0.25) is 0 Å². The molecule has 3 aliphatic rings. The minimum atomic E-state index is 0.00373. The summed E-state index contributed by atoms with van der Waals surface area (Å²) in [5.41, 5.74) is 0. The van der Waals surface area contributed by atoms with E-state index in [1.165, 1.54) is 58.4 Å². The molecule has 0 saturated heterocycles. The maximum absolute atomic E-state index is 2.38. The van der Waals surface area contributed by atoms with Crippen LogP contribution in [0.1, 0.15) is 19.3 Å². The molecular formula is C29H22S4+2. The summed E-state index contributed by atoms with van der Waals surface area (Å²) in [5, 5.41) is 0. The van der Waals surface area contributed by atoms with E-state index in [4.69, 9.17) is 0 Å². The Labute approximate surface area is 209 Å². The normalized spacial score (nSPS) is 17.3. The second-order valence-electron chi connectivity index (χ2n) is 8.30. The summed E-state index contributed by atoms with van der Waals surface area (Å²) in [6.45, 7) is 0. The molecule has 0 amide bonds. The lowest BCUT2D eigenvalue weighted by atomic mass is 10.3. The highest BCUT2D eigenvalue weighted by Crippen LogP contribution is 2.55. The molecule has 0 atom stereocenters. The molecule has 160 valence electrons. The molecule has 1 aliphatic carbocycles. The summed E-state index contributed by atoms with van der Waals surface area (Å²) in [7, 11) is 0.00746. The van der Waals surface area contributed by atoms with Crippen LogP contribution in [0.4, 0.5) is 0 Å². The highest BCUT2D eigenvalue weighted by molar-refractivity contribution is 8.08. The SMILES string of the molecule is c1ccc2c(c1)Sc1ccccc1[S+]2C1=C([S+]2c3ccccc3Sc3ccccc32)CCC1. The lowest BCUT2D eigenvalue weighted by Crippen LogP contribution is -2.17. The second-order valence-corrected chi connectivity index (χ2v) is 14.4. The van der Waals surface area contributed by atoms with E-state index < -0.39 is 0 Å². The van der Waals surface area contributed by atoms with Gasteiger partial charge in [0.15, 0.2) is 29.4 Å². The zero-order valence-electron chi connectivity index (χ0n) is 18.0. The van der Waals surface area contributed by atoms with Crippen LogP contribution in [0.5, 0.6) is 0 Å². The predicted octanol–water partition coefficient (Wildman–Crippen LogP) is 8.78. The fourth-order valence-electron chi connectivity index (χ4n) is 4.94. The average molecular weight is 499 g/mol. The number of hydrogen-bond donors (Lipinski definition) is 0. The van der Waals surface area contributed by atoms with Gasteiger partial charge in [-0.3, -0.25) is 0 Å². The van der Waals surface area contributed by atoms with Gasteiger partial charge in [-0.25, -0.2) is 0 Å². The van der Waals surface area contributed by atoms with Gasteiger partial charge in [-0.2, -0.15) is 0 Å². The van der Waals surface area contributed by atoms with Crippen LogP contribution < -0.4 is 0 Å². The van der Waals surface area contributed by atoms with Crippen LogP contribution in [-0.4, -0.2) is 0 Å². The van der Waals surface area contributed by atoms with E-state index in [1.807, 2.05) is 23.5 Å². The van der Waals surface area contributed by atoms with Gasteiger partial charge < -0.3 is 0 Å². The van der Waals surface area contributed by atoms with Gasteiger partial charge in [-0.15, -0.1) is 0 Å². The lowest BCUT2D eigenvalue weighted by Gasteiger charge is -2.22. The third kappa shape index (κ3) is 3.34.